The molecule has 156 valence electrons. The van der Waals surface area contributed by atoms with Gasteiger partial charge in [-0.05, 0) is 70.6 Å². The lowest BCUT2D eigenvalue weighted by molar-refractivity contribution is -0.140. The van der Waals surface area contributed by atoms with E-state index in [2.05, 4.69) is 10.6 Å². The number of nitrogens with one attached hydrogen (secondary N) is 2. The molecule has 1 amide bonds. The van der Waals surface area contributed by atoms with Crippen LogP contribution in [-0.4, -0.2) is 23.8 Å². The van der Waals surface area contributed by atoms with E-state index in [1.54, 1.807) is 20.8 Å². The van der Waals surface area contributed by atoms with Gasteiger partial charge in [0.1, 0.15) is 11.4 Å². The Morgan fingerprint density at radius 2 is 1.79 bits per heavy atom. The monoisotopic (exact) mass is 402 g/mol. The fourth-order valence-corrected chi connectivity index (χ4v) is 3.80. The lowest BCUT2D eigenvalue weighted by atomic mass is 9.99. The predicted molar refractivity (Wildman–Crippen MR) is 96.2 cm³/mol. The third-order valence-electron chi connectivity index (χ3n) is 5.25. The molecule has 2 fully saturated rings. The van der Waals surface area contributed by atoms with Crippen LogP contribution in [0.15, 0.2) is 18.2 Å². The summed E-state index contributed by atoms with van der Waals surface area (Å²) >= 11 is 0. The summed E-state index contributed by atoms with van der Waals surface area (Å²) in [5.41, 5.74) is -2.01. The smallest absolute Gasteiger partial charge is 0.419 e. The molecule has 4 nitrogen and oxygen atoms in total. The zero-order chi connectivity index (χ0) is 20.7. The van der Waals surface area contributed by atoms with Gasteiger partial charge in [-0.25, -0.2) is 9.18 Å². The number of hydrogen-bond acceptors (Lipinski definition) is 3. The largest absolute Gasteiger partial charge is 0.444 e. The van der Waals surface area contributed by atoms with Crippen LogP contribution < -0.4 is 10.6 Å². The fourth-order valence-electron chi connectivity index (χ4n) is 3.80. The van der Waals surface area contributed by atoms with E-state index in [0.717, 1.165) is 31.4 Å². The number of alkyl halides is 3. The van der Waals surface area contributed by atoms with Crippen LogP contribution >= 0.6 is 0 Å². The molecule has 2 N–H and O–H groups in total. The lowest BCUT2D eigenvalue weighted by Crippen LogP contribution is -2.51. The molecule has 0 spiro atoms. The summed E-state index contributed by atoms with van der Waals surface area (Å²) in [6, 6.07) is 2.96. The van der Waals surface area contributed by atoms with Crippen molar-refractivity contribution in [3.05, 3.63) is 35.1 Å². The summed E-state index contributed by atoms with van der Waals surface area (Å²) in [6.45, 7) is 5.34. The van der Waals surface area contributed by atoms with Gasteiger partial charge in [0.25, 0.3) is 0 Å². The number of amides is 1. The van der Waals surface area contributed by atoms with Gasteiger partial charge in [-0.3, -0.25) is 0 Å². The molecule has 3 rings (SSSR count). The van der Waals surface area contributed by atoms with E-state index in [4.69, 9.17) is 4.74 Å². The number of halogens is 4. The molecule has 8 heteroatoms. The average Bonchev–Trinajstić information content (AvgIpc) is 3.19. The average molecular weight is 402 g/mol. The molecule has 0 aromatic heterocycles. The van der Waals surface area contributed by atoms with Crippen molar-refractivity contribution < 1.29 is 27.1 Å². The SMILES string of the molecule is CC(C)(C)OC(=O)N[C@H]1CCC[C@@H]1NC1(c2ccc(F)c(C(F)(F)F)c2)CC1. The summed E-state index contributed by atoms with van der Waals surface area (Å²) in [6.07, 6.45) is -1.43. The van der Waals surface area contributed by atoms with Crippen molar-refractivity contribution in [1.29, 1.82) is 0 Å². The first-order chi connectivity index (χ1) is 12.9. The number of carbonyl (C=O) groups is 1. The van der Waals surface area contributed by atoms with E-state index in [1.807, 2.05) is 0 Å². The van der Waals surface area contributed by atoms with Gasteiger partial charge in [0.05, 0.1) is 5.56 Å². The van der Waals surface area contributed by atoms with Gasteiger partial charge in [0, 0.05) is 17.6 Å². The predicted octanol–water partition coefficient (Wildman–Crippen LogP) is 4.87. The van der Waals surface area contributed by atoms with Crippen molar-refractivity contribution in [3.63, 3.8) is 0 Å². The van der Waals surface area contributed by atoms with Crippen LogP contribution in [0.4, 0.5) is 22.4 Å². The van der Waals surface area contributed by atoms with Gasteiger partial charge in [0.15, 0.2) is 0 Å². The molecule has 0 radical (unpaired) electrons. The zero-order valence-corrected chi connectivity index (χ0v) is 16.3. The van der Waals surface area contributed by atoms with Gasteiger partial charge in [-0.1, -0.05) is 6.07 Å². The van der Waals surface area contributed by atoms with Crippen molar-refractivity contribution in [2.45, 2.75) is 82.3 Å². The van der Waals surface area contributed by atoms with Gasteiger partial charge in [0.2, 0.25) is 0 Å². The Hall–Kier alpha value is -1.83. The zero-order valence-electron chi connectivity index (χ0n) is 16.3. The second-order valence-corrected chi connectivity index (χ2v) is 8.71. The maximum absolute atomic E-state index is 13.6. The number of benzene rings is 1. The molecule has 0 heterocycles. The first kappa shape index (κ1) is 20.9. The molecule has 0 bridgehead atoms. The van der Waals surface area contributed by atoms with Crippen LogP contribution in [0.25, 0.3) is 0 Å². The van der Waals surface area contributed by atoms with E-state index in [1.165, 1.54) is 6.07 Å². The lowest BCUT2D eigenvalue weighted by Gasteiger charge is -2.29. The fraction of sp³-hybridized carbons (Fsp3) is 0.650. The highest BCUT2D eigenvalue weighted by molar-refractivity contribution is 5.68. The number of hydrogen-bond donors (Lipinski definition) is 2. The van der Waals surface area contributed by atoms with E-state index >= 15 is 0 Å². The molecule has 1 aromatic carbocycles. The van der Waals surface area contributed by atoms with Crippen molar-refractivity contribution in [1.82, 2.24) is 10.6 Å². The highest BCUT2D eigenvalue weighted by Crippen LogP contribution is 2.48. The minimum Gasteiger partial charge on any atom is -0.444 e. The number of rotatable bonds is 4. The topological polar surface area (TPSA) is 50.4 Å². The van der Waals surface area contributed by atoms with Crippen LogP contribution in [0.3, 0.4) is 0 Å². The first-order valence-electron chi connectivity index (χ1n) is 9.54. The highest BCUT2D eigenvalue weighted by Gasteiger charge is 2.48. The van der Waals surface area contributed by atoms with Crippen LogP contribution in [0.5, 0.6) is 0 Å². The summed E-state index contributed by atoms with van der Waals surface area (Å²) in [7, 11) is 0. The van der Waals surface area contributed by atoms with E-state index in [0.29, 0.717) is 18.4 Å². The van der Waals surface area contributed by atoms with Crippen molar-refractivity contribution >= 4 is 6.09 Å². The van der Waals surface area contributed by atoms with Gasteiger partial charge in [-0.15, -0.1) is 0 Å². The Balaban J connectivity index is 1.71. The maximum atomic E-state index is 13.6. The number of alkyl carbamates (subject to hydrolysis) is 1. The number of ether oxygens (including phenoxy) is 1. The Morgan fingerprint density at radius 3 is 2.36 bits per heavy atom. The highest BCUT2D eigenvalue weighted by atomic mass is 19.4. The van der Waals surface area contributed by atoms with E-state index in [9.17, 15) is 22.4 Å². The molecule has 28 heavy (non-hydrogen) atoms. The Kier molecular flexibility index (Phi) is 5.38. The third kappa shape index (κ3) is 4.77. The second-order valence-electron chi connectivity index (χ2n) is 8.71. The van der Waals surface area contributed by atoms with Crippen LogP contribution in [0.1, 0.15) is 64.0 Å². The maximum Gasteiger partial charge on any atom is 0.419 e. The third-order valence-corrected chi connectivity index (χ3v) is 5.25. The molecule has 2 saturated carbocycles. The van der Waals surface area contributed by atoms with Crippen molar-refractivity contribution in [2.24, 2.45) is 0 Å². The molecule has 2 atom stereocenters. The molecule has 2 aliphatic carbocycles. The molecule has 0 aliphatic heterocycles. The molecule has 1 aromatic rings. The number of carbonyl (C=O) groups excluding carboxylic acids is 1. The summed E-state index contributed by atoms with van der Waals surface area (Å²) < 4.78 is 58.1. The quantitative estimate of drug-likeness (QED) is 0.707. The molecular formula is C20H26F4N2O2. The molecule has 2 aliphatic rings. The van der Waals surface area contributed by atoms with Crippen LogP contribution in [-0.2, 0) is 16.5 Å². The van der Waals surface area contributed by atoms with Gasteiger partial charge < -0.3 is 15.4 Å². The molecule has 0 unspecified atom stereocenters. The normalized spacial score (nSPS) is 24.1. The first-order valence-corrected chi connectivity index (χ1v) is 9.54. The van der Waals surface area contributed by atoms with Gasteiger partial charge in [-0.2, -0.15) is 13.2 Å². The standard InChI is InChI=1S/C20H26F4N2O2/c1-18(2,3)28-17(27)25-15-5-4-6-16(15)26-19(9-10-19)12-7-8-14(21)13(11-12)20(22,23)24/h7-8,11,15-16,26H,4-6,9-10H2,1-3H3,(H,25,27)/t15-,16-/m0/s1. The van der Waals surface area contributed by atoms with Crippen LogP contribution in [0, 0.1) is 5.82 Å². The Morgan fingerprint density at radius 1 is 1.14 bits per heavy atom. The summed E-state index contributed by atoms with van der Waals surface area (Å²) in [5, 5.41) is 6.31. The Labute approximate surface area is 162 Å². The summed E-state index contributed by atoms with van der Waals surface area (Å²) in [5.74, 6) is -1.27. The minimum atomic E-state index is -4.73. The Bertz CT molecular complexity index is 739. The van der Waals surface area contributed by atoms with E-state index in [-0.39, 0.29) is 12.1 Å². The van der Waals surface area contributed by atoms with Crippen molar-refractivity contribution in [2.75, 3.05) is 0 Å². The second kappa shape index (κ2) is 7.21. The summed E-state index contributed by atoms with van der Waals surface area (Å²) in [4.78, 5) is 12.1. The van der Waals surface area contributed by atoms with Gasteiger partial charge >= 0.3 is 12.3 Å². The minimum absolute atomic E-state index is 0.0746. The van der Waals surface area contributed by atoms with E-state index < -0.39 is 34.8 Å². The molecular weight excluding hydrogens is 376 g/mol. The van der Waals surface area contributed by atoms with Crippen molar-refractivity contribution in [3.8, 4) is 0 Å². The molecule has 0 saturated heterocycles. The van der Waals surface area contributed by atoms with Crippen LogP contribution in [0.2, 0.25) is 0 Å².